The molecule has 0 aliphatic carbocycles. The summed E-state index contributed by atoms with van der Waals surface area (Å²) in [5.74, 6) is -0.556. The Labute approximate surface area is 415 Å². The van der Waals surface area contributed by atoms with E-state index in [1.54, 1.807) is 0 Å². The molecule has 0 radical (unpaired) electrons. The molecule has 0 unspecified atom stereocenters. The van der Waals surface area contributed by atoms with E-state index in [-0.39, 0.29) is 11.6 Å². The summed E-state index contributed by atoms with van der Waals surface area (Å²) in [4.78, 5) is 4.37. The maximum absolute atomic E-state index is 14.4. The van der Waals surface area contributed by atoms with Gasteiger partial charge in [-0.2, -0.15) is 0 Å². The summed E-state index contributed by atoms with van der Waals surface area (Å²) in [5, 5.41) is 4.60. The molecule has 0 amide bonds. The third kappa shape index (κ3) is 7.54. The van der Waals surface area contributed by atoms with Gasteiger partial charge in [0.2, 0.25) is 0 Å². The van der Waals surface area contributed by atoms with Gasteiger partial charge in [-0.1, -0.05) is 121 Å². The topological polar surface area (TPSA) is 16.3 Å². The summed E-state index contributed by atoms with van der Waals surface area (Å²) in [6, 6.07) is 90.3. The van der Waals surface area contributed by atoms with Crippen LogP contribution in [0.1, 0.15) is 0 Å². The second-order valence-electron chi connectivity index (χ2n) is 18.1. The Kier molecular flexibility index (Phi) is 10.5. The highest BCUT2D eigenvalue weighted by Crippen LogP contribution is 2.43. The molecule has 0 aliphatic rings. The first-order valence-electron chi connectivity index (χ1n) is 24.1. The lowest BCUT2D eigenvalue weighted by atomic mass is 9.99. The lowest BCUT2D eigenvalue weighted by Gasteiger charge is -2.26. The van der Waals surface area contributed by atoms with Crippen LogP contribution in [0.25, 0.3) is 77.2 Å². The molecule has 0 atom stereocenters. The van der Waals surface area contributed by atoms with Crippen LogP contribution in [-0.4, -0.2) is 9.13 Å². The molecule has 0 spiro atoms. The van der Waals surface area contributed by atoms with E-state index >= 15 is 0 Å². The molecule has 342 valence electrons. The molecule has 0 fully saturated rings. The Hall–Kier alpha value is -9.52. The molecule has 2 heterocycles. The van der Waals surface area contributed by atoms with Crippen LogP contribution in [0.4, 0.5) is 42.9 Å². The van der Waals surface area contributed by atoms with Gasteiger partial charge in [-0.05, 0) is 168 Å². The number of nitrogens with zero attached hydrogens (tertiary/aromatic N) is 4. The monoisotopic (exact) mass is 930 g/mol. The maximum Gasteiger partial charge on any atom is 0.123 e. The normalized spacial score (nSPS) is 11.5. The van der Waals surface area contributed by atoms with Crippen LogP contribution in [0.15, 0.2) is 267 Å². The number of hydrogen-bond acceptors (Lipinski definition) is 2. The Balaban J connectivity index is 0.805. The van der Waals surface area contributed by atoms with Gasteiger partial charge < -0.3 is 18.9 Å². The third-order valence-corrected chi connectivity index (χ3v) is 13.8. The fraction of sp³-hybridized carbons (Fsp3) is 0. The largest absolute Gasteiger partial charge is 0.310 e. The van der Waals surface area contributed by atoms with Gasteiger partial charge >= 0.3 is 0 Å². The summed E-state index contributed by atoms with van der Waals surface area (Å²) in [6.07, 6.45) is 0. The highest BCUT2D eigenvalue weighted by atomic mass is 19.1. The Bertz CT molecular complexity index is 3800. The van der Waals surface area contributed by atoms with E-state index in [0.29, 0.717) is 0 Å². The lowest BCUT2D eigenvalue weighted by Crippen LogP contribution is -2.10. The van der Waals surface area contributed by atoms with Gasteiger partial charge in [-0.15, -0.1) is 0 Å². The van der Waals surface area contributed by atoms with Crippen molar-refractivity contribution in [3.8, 4) is 33.6 Å². The first-order chi connectivity index (χ1) is 35.5. The third-order valence-electron chi connectivity index (χ3n) is 13.8. The second-order valence-corrected chi connectivity index (χ2v) is 18.1. The molecule has 0 N–H and O–H groups in total. The molecular weight excluding hydrogens is 887 g/mol. The number of fused-ring (bicyclic) bond motifs is 6. The lowest BCUT2D eigenvalue weighted by molar-refractivity contribution is 0.627. The van der Waals surface area contributed by atoms with Crippen LogP contribution >= 0.6 is 0 Å². The van der Waals surface area contributed by atoms with Gasteiger partial charge in [0.1, 0.15) is 11.6 Å². The molecule has 0 aliphatic heterocycles. The van der Waals surface area contributed by atoms with E-state index < -0.39 is 0 Å². The van der Waals surface area contributed by atoms with Crippen molar-refractivity contribution < 1.29 is 8.78 Å². The van der Waals surface area contributed by atoms with Crippen molar-refractivity contribution in [1.29, 1.82) is 0 Å². The van der Waals surface area contributed by atoms with Gasteiger partial charge in [0, 0.05) is 67.0 Å². The highest BCUT2D eigenvalue weighted by molar-refractivity contribution is 6.12. The quantitative estimate of drug-likeness (QED) is 0.136. The standard InChI is InChI=1S/C66H44F2N4/c67-49-27-35-55(36-28-49)69(57-39-41-65-61(43-57)59-15-7-9-17-63(59)71(65)51-11-3-1-4-12-51)53-31-23-47(24-32-53)45-19-21-46(22-20-45)48-25-33-54(34-26-48)70(56-37-29-50(68)30-38-56)58-40-42-66-62(44-58)60-16-8-10-18-64(60)72(66)52-13-5-2-6-14-52/h1-44H. The first kappa shape index (κ1) is 42.6. The summed E-state index contributed by atoms with van der Waals surface area (Å²) in [7, 11) is 0. The second kappa shape index (κ2) is 17.8. The number of rotatable bonds is 10. The fourth-order valence-corrected chi connectivity index (χ4v) is 10.4. The minimum Gasteiger partial charge on any atom is -0.310 e. The van der Waals surface area contributed by atoms with Crippen LogP contribution in [-0.2, 0) is 0 Å². The van der Waals surface area contributed by atoms with Gasteiger partial charge in [-0.25, -0.2) is 8.78 Å². The minimum atomic E-state index is -0.278. The predicted molar refractivity (Wildman–Crippen MR) is 295 cm³/mol. The van der Waals surface area contributed by atoms with Crippen molar-refractivity contribution in [1.82, 2.24) is 9.13 Å². The molecule has 0 saturated carbocycles. The van der Waals surface area contributed by atoms with Crippen LogP contribution < -0.4 is 9.80 Å². The molecule has 11 aromatic carbocycles. The first-order valence-corrected chi connectivity index (χ1v) is 24.1. The van der Waals surface area contributed by atoms with E-state index in [2.05, 4.69) is 225 Å². The number of anilines is 6. The number of aromatic nitrogens is 2. The highest BCUT2D eigenvalue weighted by Gasteiger charge is 2.20. The minimum absolute atomic E-state index is 0.278. The maximum atomic E-state index is 14.4. The SMILES string of the molecule is Fc1ccc(N(c2ccc(-c3ccc(-c4ccc(N(c5ccc(F)cc5)c5ccc6c(c5)c5ccccc5n6-c5ccccc5)cc4)cc3)cc2)c2ccc3c(c2)c2ccccc2n3-c2ccccc2)cc1. The predicted octanol–water partition coefficient (Wildman–Crippen LogP) is 18.4. The van der Waals surface area contributed by atoms with Crippen LogP contribution in [0, 0.1) is 11.6 Å². The summed E-state index contributed by atoms with van der Waals surface area (Å²) >= 11 is 0. The zero-order chi connectivity index (χ0) is 48.1. The molecule has 13 aromatic rings. The average Bonchev–Trinajstić information content (AvgIpc) is 3.95. The Morgan fingerprint density at radius 3 is 0.875 bits per heavy atom. The molecular formula is C66H44F2N4. The van der Waals surface area contributed by atoms with Crippen LogP contribution in [0.2, 0.25) is 0 Å². The number of hydrogen-bond donors (Lipinski definition) is 0. The van der Waals surface area contributed by atoms with Gasteiger partial charge in [-0.3, -0.25) is 0 Å². The van der Waals surface area contributed by atoms with Crippen molar-refractivity contribution in [3.05, 3.63) is 279 Å². The van der Waals surface area contributed by atoms with Crippen molar-refractivity contribution in [3.63, 3.8) is 0 Å². The molecule has 4 nitrogen and oxygen atoms in total. The van der Waals surface area contributed by atoms with Crippen molar-refractivity contribution in [2.45, 2.75) is 0 Å². The number of para-hydroxylation sites is 4. The smallest absolute Gasteiger partial charge is 0.123 e. The van der Waals surface area contributed by atoms with Crippen molar-refractivity contribution in [2.24, 2.45) is 0 Å². The molecule has 13 rings (SSSR count). The van der Waals surface area contributed by atoms with E-state index in [9.17, 15) is 8.78 Å². The van der Waals surface area contributed by atoms with Crippen LogP contribution in [0.5, 0.6) is 0 Å². The van der Waals surface area contributed by atoms with Gasteiger partial charge in [0.15, 0.2) is 0 Å². The molecule has 0 bridgehead atoms. The fourth-order valence-electron chi connectivity index (χ4n) is 10.4. The summed E-state index contributed by atoms with van der Waals surface area (Å²) in [6.45, 7) is 0. The number of benzene rings is 11. The summed E-state index contributed by atoms with van der Waals surface area (Å²) < 4.78 is 33.3. The van der Waals surface area contributed by atoms with Gasteiger partial charge in [0.05, 0.1) is 22.1 Å². The van der Waals surface area contributed by atoms with E-state index in [1.807, 2.05) is 36.4 Å². The van der Waals surface area contributed by atoms with Gasteiger partial charge in [0.25, 0.3) is 0 Å². The zero-order valence-corrected chi connectivity index (χ0v) is 38.9. The average molecular weight is 931 g/mol. The molecule has 72 heavy (non-hydrogen) atoms. The van der Waals surface area contributed by atoms with E-state index in [0.717, 1.165) is 111 Å². The van der Waals surface area contributed by atoms with Crippen molar-refractivity contribution >= 4 is 77.7 Å². The Morgan fingerprint density at radius 2 is 0.514 bits per heavy atom. The molecule has 2 aromatic heterocycles. The van der Waals surface area contributed by atoms with Crippen molar-refractivity contribution in [2.75, 3.05) is 9.80 Å². The van der Waals surface area contributed by atoms with Crippen LogP contribution in [0.3, 0.4) is 0 Å². The zero-order valence-electron chi connectivity index (χ0n) is 38.9. The molecule has 6 heteroatoms. The summed E-state index contributed by atoms with van der Waals surface area (Å²) in [5.41, 5.74) is 16.7. The molecule has 0 saturated heterocycles. The van der Waals surface area contributed by atoms with E-state index in [4.69, 9.17) is 0 Å². The number of halogens is 2. The Morgan fingerprint density at radius 1 is 0.236 bits per heavy atom. The van der Waals surface area contributed by atoms with E-state index in [1.165, 1.54) is 24.3 Å².